The summed E-state index contributed by atoms with van der Waals surface area (Å²) in [6.45, 7) is -0.370. The van der Waals surface area contributed by atoms with Gasteiger partial charge in [0, 0.05) is 11.3 Å². The largest absolute Gasteiger partial charge is 0.456 e. The number of carbonyl (C=O) groups excluding carboxylic acids is 2. The fourth-order valence-corrected chi connectivity index (χ4v) is 3.58. The normalized spacial score (nSPS) is 11.6. The lowest BCUT2D eigenvalue weighted by atomic mass is 10.1. The van der Waals surface area contributed by atoms with Crippen molar-refractivity contribution in [2.75, 3.05) is 6.61 Å². The summed E-state index contributed by atoms with van der Waals surface area (Å²) in [4.78, 5) is 25.2. The van der Waals surface area contributed by atoms with Crippen LogP contribution in [0.2, 0.25) is 0 Å². The Morgan fingerprint density at radius 3 is 2.46 bits per heavy atom. The van der Waals surface area contributed by atoms with E-state index in [0.29, 0.717) is 5.56 Å². The number of esters is 1. The van der Waals surface area contributed by atoms with Gasteiger partial charge >= 0.3 is 5.97 Å². The monoisotopic (exact) mass is 397 g/mol. The topological polar surface area (TPSA) is 55.4 Å². The molecular formula is C22H20FNO3S. The van der Waals surface area contributed by atoms with Crippen LogP contribution in [0, 0.1) is 5.82 Å². The van der Waals surface area contributed by atoms with Gasteiger partial charge in [0.15, 0.2) is 6.61 Å². The maximum atomic E-state index is 13.6. The third kappa shape index (κ3) is 5.50. The molecule has 0 spiro atoms. The number of carbonyl (C=O) groups is 2. The van der Waals surface area contributed by atoms with Gasteiger partial charge in [-0.05, 0) is 35.1 Å². The number of benzene rings is 2. The van der Waals surface area contributed by atoms with Crippen LogP contribution in [0.3, 0.4) is 0 Å². The van der Waals surface area contributed by atoms with Crippen molar-refractivity contribution in [3.8, 4) is 0 Å². The average molecular weight is 397 g/mol. The molecule has 2 aromatic carbocycles. The average Bonchev–Trinajstić information content (AvgIpc) is 3.25. The molecule has 0 unspecified atom stereocenters. The number of halogens is 1. The zero-order chi connectivity index (χ0) is 19.8. The van der Waals surface area contributed by atoms with Crippen molar-refractivity contribution in [2.24, 2.45) is 0 Å². The van der Waals surface area contributed by atoms with E-state index < -0.39 is 5.97 Å². The summed E-state index contributed by atoms with van der Waals surface area (Å²) in [6, 6.07) is 19.5. The van der Waals surface area contributed by atoms with Crippen molar-refractivity contribution in [3.63, 3.8) is 0 Å². The van der Waals surface area contributed by atoms with Crippen LogP contribution in [-0.2, 0) is 20.7 Å². The molecule has 4 nitrogen and oxygen atoms in total. The van der Waals surface area contributed by atoms with Crippen LogP contribution >= 0.6 is 11.3 Å². The number of amides is 1. The van der Waals surface area contributed by atoms with E-state index in [4.69, 9.17) is 4.74 Å². The molecule has 0 aliphatic carbocycles. The number of hydrogen-bond acceptors (Lipinski definition) is 4. The van der Waals surface area contributed by atoms with E-state index in [-0.39, 0.29) is 37.2 Å². The van der Waals surface area contributed by atoms with Crippen LogP contribution < -0.4 is 5.32 Å². The van der Waals surface area contributed by atoms with Crippen LogP contribution in [0.25, 0.3) is 0 Å². The second-order valence-corrected chi connectivity index (χ2v) is 7.16. The number of aryl methyl sites for hydroxylation is 1. The Balaban J connectivity index is 1.52. The molecule has 0 radical (unpaired) electrons. The minimum atomic E-state index is -0.536. The van der Waals surface area contributed by atoms with Gasteiger partial charge in [0.2, 0.25) is 0 Å². The Bertz CT molecular complexity index is 913. The maximum absolute atomic E-state index is 13.6. The third-order valence-electron chi connectivity index (χ3n) is 4.19. The van der Waals surface area contributed by atoms with E-state index in [9.17, 15) is 14.0 Å². The molecule has 0 fully saturated rings. The number of rotatable bonds is 8. The third-order valence-corrected chi connectivity index (χ3v) is 5.12. The quantitative estimate of drug-likeness (QED) is 0.578. The summed E-state index contributed by atoms with van der Waals surface area (Å²) in [7, 11) is 0. The lowest BCUT2D eigenvalue weighted by Crippen LogP contribution is -2.32. The molecule has 0 saturated carbocycles. The molecule has 28 heavy (non-hydrogen) atoms. The fraction of sp³-hybridized carbons (Fsp3) is 0.182. The molecule has 1 amide bonds. The minimum Gasteiger partial charge on any atom is -0.456 e. The van der Waals surface area contributed by atoms with Crippen molar-refractivity contribution in [3.05, 3.63) is 93.9 Å². The molecule has 0 aliphatic rings. The van der Waals surface area contributed by atoms with Gasteiger partial charge in [0.05, 0.1) is 6.04 Å². The summed E-state index contributed by atoms with van der Waals surface area (Å²) >= 11 is 1.54. The van der Waals surface area contributed by atoms with Crippen molar-refractivity contribution in [1.29, 1.82) is 0 Å². The highest BCUT2D eigenvalue weighted by atomic mass is 32.1. The molecule has 1 heterocycles. The summed E-state index contributed by atoms with van der Waals surface area (Å²) in [5.74, 6) is -1.28. The molecule has 0 bridgehead atoms. The van der Waals surface area contributed by atoms with Gasteiger partial charge in [-0.25, -0.2) is 4.39 Å². The Morgan fingerprint density at radius 1 is 1.00 bits per heavy atom. The molecule has 144 valence electrons. The maximum Gasteiger partial charge on any atom is 0.306 e. The molecule has 0 saturated heterocycles. The highest BCUT2D eigenvalue weighted by molar-refractivity contribution is 7.10. The first-order chi connectivity index (χ1) is 13.6. The Kier molecular flexibility index (Phi) is 6.92. The van der Waals surface area contributed by atoms with E-state index >= 15 is 0 Å². The molecule has 3 rings (SSSR count). The SMILES string of the molecule is O=C(COC(=O)CCc1ccccc1F)N[C@@H](c1ccccc1)c1cccs1. The van der Waals surface area contributed by atoms with Crippen LogP contribution in [0.4, 0.5) is 4.39 Å². The van der Waals surface area contributed by atoms with Crippen LogP contribution in [0.1, 0.15) is 28.5 Å². The van der Waals surface area contributed by atoms with E-state index in [0.717, 1.165) is 10.4 Å². The van der Waals surface area contributed by atoms with Gasteiger partial charge in [-0.3, -0.25) is 9.59 Å². The Morgan fingerprint density at radius 2 is 1.75 bits per heavy atom. The van der Waals surface area contributed by atoms with Crippen molar-refractivity contribution < 1.29 is 18.7 Å². The Labute approximate surface area is 167 Å². The summed E-state index contributed by atoms with van der Waals surface area (Å²) in [5, 5.41) is 4.85. The lowest BCUT2D eigenvalue weighted by Gasteiger charge is -2.18. The van der Waals surface area contributed by atoms with E-state index in [2.05, 4.69) is 5.32 Å². The molecule has 3 aromatic rings. The fourth-order valence-electron chi connectivity index (χ4n) is 2.78. The zero-order valence-electron chi connectivity index (χ0n) is 15.1. The first kappa shape index (κ1) is 19.8. The lowest BCUT2D eigenvalue weighted by molar-refractivity contribution is -0.148. The molecule has 0 aliphatic heterocycles. The van der Waals surface area contributed by atoms with Crippen molar-refractivity contribution in [2.45, 2.75) is 18.9 Å². The predicted molar refractivity (Wildman–Crippen MR) is 106 cm³/mol. The van der Waals surface area contributed by atoms with Gasteiger partial charge < -0.3 is 10.1 Å². The van der Waals surface area contributed by atoms with Crippen LogP contribution in [0.15, 0.2) is 72.1 Å². The highest BCUT2D eigenvalue weighted by Gasteiger charge is 2.18. The van der Waals surface area contributed by atoms with E-state index in [1.165, 1.54) is 6.07 Å². The van der Waals surface area contributed by atoms with Crippen molar-refractivity contribution >= 4 is 23.2 Å². The number of ether oxygens (including phenoxy) is 1. The predicted octanol–water partition coefficient (Wildman–Crippen LogP) is 4.27. The highest BCUT2D eigenvalue weighted by Crippen LogP contribution is 2.25. The standard InChI is InChI=1S/C22H20FNO3S/c23-18-10-5-4-7-16(18)12-13-21(26)27-15-20(25)24-22(19-11-6-14-28-19)17-8-2-1-3-9-17/h1-11,14,22H,12-13,15H2,(H,24,25)/t22-/m0/s1. The molecule has 1 N–H and O–H groups in total. The van der Waals surface area contributed by atoms with E-state index in [1.54, 1.807) is 29.5 Å². The number of nitrogens with one attached hydrogen (secondary N) is 1. The first-order valence-corrected chi connectivity index (χ1v) is 9.78. The zero-order valence-corrected chi connectivity index (χ0v) is 16.0. The van der Waals surface area contributed by atoms with Gasteiger partial charge in [0.1, 0.15) is 5.82 Å². The van der Waals surface area contributed by atoms with Gasteiger partial charge in [-0.2, -0.15) is 0 Å². The molecule has 6 heteroatoms. The molecule has 1 atom stereocenters. The number of hydrogen-bond donors (Lipinski definition) is 1. The summed E-state index contributed by atoms with van der Waals surface area (Å²) in [5.41, 5.74) is 1.40. The number of thiophene rings is 1. The molecule has 1 aromatic heterocycles. The van der Waals surface area contributed by atoms with Gasteiger partial charge in [0.25, 0.3) is 5.91 Å². The Hall–Kier alpha value is -2.99. The summed E-state index contributed by atoms with van der Waals surface area (Å²) in [6.07, 6.45) is 0.246. The van der Waals surface area contributed by atoms with Gasteiger partial charge in [-0.1, -0.05) is 54.6 Å². The second kappa shape index (κ2) is 9.80. The molecular weight excluding hydrogens is 377 g/mol. The smallest absolute Gasteiger partial charge is 0.306 e. The van der Waals surface area contributed by atoms with Crippen LogP contribution in [0.5, 0.6) is 0 Å². The van der Waals surface area contributed by atoms with E-state index in [1.807, 2.05) is 47.8 Å². The summed E-state index contributed by atoms with van der Waals surface area (Å²) < 4.78 is 18.6. The van der Waals surface area contributed by atoms with Gasteiger partial charge in [-0.15, -0.1) is 11.3 Å². The minimum absolute atomic E-state index is 0.0151. The second-order valence-electron chi connectivity index (χ2n) is 6.18. The first-order valence-electron chi connectivity index (χ1n) is 8.90. The van der Waals surface area contributed by atoms with Crippen LogP contribution in [-0.4, -0.2) is 18.5 Å². The van der Waals surface area contributed by atoms with Crippen molar-refractivity contribution in [1.82, 2.24) is 5.32 Å².